The first-order valence-corrected chi connectivity index (χ1v) is 9.50. The molecule has 160 valence electrons. The quantitative estimate of drug-likeness (QED) is 0.701. The average molecular weight is 454 g/mol. The molecule has 0 bridgehead atoms. The Kier molecular flexibility index (Phi) is 10.2. The summed E-state index contributed by atoms with van der Waals surface area (Å²) in [5.41, 5.74) is 0.330. The first-order chi connectivity index (χ1) is 12.3. The zero-order valence-corrected chi connectivity index (χ0v) is 18.5. The van der Waals surface area contributed by atoms with Gasteiger partial charge in [0.2, 0.25) is 11.9 Å². The average Bonchev–Trinajstić information content (AvgIpc) is 3.36. The van der Waals surface area contributed by atoms with Gasteiger partial charge in [-0.2, -0.15) is 0 Å². The molecule has 1 aliphatic carbocycles. The van der Waals surface area contributed by atoms with E-state index in [1.165, 1.54) is 0 Å². The van der Waals surface area contributed by atoms with Gasteiger partial charge in [-0.15, -0.1) is 37.2 Å². The topological polar surface area (TPSA) is 73.4 Å². The molecule has 3 heterocycles. The summed E-state index contributed by atoms with van der Waals surface area (Å²) in [4.78, 5) is 25.6. The summed E-state index contributed by atoms with van der Waals surface area (Å²) in [5, 5.41) is 6.56. The molecule has 3 fully saturated rings. The molecule has 0 aromatic carbocycles. The largest absolute Gasteiger partial charge is 0.355 e. The van der Waals surface area contributed by atoms with Crippen LogP contribution in [0.4, 0.5) is 5.95 Å². The van der Waals surface area contributed by atoms with Crippen molar-refractivity contribution in [2.24, 2.45) is 11.3 Å². The van der Waals surface area contributed by atoms with Gasteiger partial charge in [0.05, 0.1) is 0 Å². The number of hydrogen-bond donors (Lipinski definition) is 2. The van der Waals surface area contributed by atoms with Gasteiger partial charge in [-0.05, 0) is 43.8 Å². The van der Waals surface area contributed by atoms with E-state index in [-0.39, 0.29) is 49.0 Å². The van der Waals surface area contributed by atoms with Gasteiger partial charge >= 0.3 is 0 Å². The van der Waals surface area contributed by atoms with Crippen molar-refractivity contribution in [1.82, 2.24) is 25.5 Å². The summed E-state index contributed by atoms with van der Waals surface area (Å²) in [7, 11) is 0. The smallest absolute Gasteiger partial charge is 0.225 e. The maximum absolute atomic E-state index is 12.4. The van der Waals surface area contributed by atoms with E-state index in [0.717, 1.165) is 77.6 Å². The molecule has 1 aromatic rings. The number of halogens is 3. The summed E-state index contributed by atoms with van der Waals surface area (Å²) in [5.74, 6) is 1.36. The van der Waals surface area contributed by atoms with E-state index in [9.17, 15) is 4.79 Å². The molecule has 1 unspecified atom stereocenters. The second kappa shape index (κ2) is 11.4. The van der Waals surface area contributed by atoms with Crippen LogP contribution in [0.5, 0.6) is 0 Å². The molecule has 1 atom stereocenters. The third-order valence-electron chi connectivity index (χ3n) is 6.04. The number of aromatic nitrogens is 2. The predicted octanol–water partition coefficient (Wildman–Crippen LogP) is 1.37. The van der Waals surface area contributed by atoms with E-state index in [2.05, 4.69) is 30.4 Å². The van der Waals surface area contributed by atoms with E-state index in [0.29, 0.717) is 5.41 Å². The Morgan fingerprint density at radius 2 is 1.75 bits per heavy atom. The summed E-state index contributed by atoms with van der Waals surface area (Å²) in [6.07, 6.45) is 6.99. The molecule has 0 radical (unpaired) electrons. The summed E-state index contributed by atoms with van der Waals surface area (Å²) < 4.78 is 0. The lowest BCUT2D eigenvalue weighted by molar-refractivity contribution is -0.123. The Morgan fingerprint density at radius 3 is 2.39 bits per heavy atom. The van der Waals surface area contributed by atoms with Crippen LogP contribution in [-0.4, -0.2) is 73.1 Å². The predicted molar refractivity (Wildman–Crippen MR) is 118 cm³/mol. The lowest BCUT2D eigenvalue weighted by Gasteiger charge is -2.34. The summed E-state index contributed by atoms with van der Waals surface area (Å²) in [6, 6.07) is 1.84. The van der Waals surface area contributed by atoms with Gasteiger partial charge in [-0.25, -0.2) is 9.97 Å². The molecule has 2 aliphatic heterocycles. The van der Waals surface area contributed by atoms with Crippen LogP contribution >= 0.6 is 37.2 Å². The van der Waals surface area contributed by atoms with Crippen LogP contribution in [0, 0.1) is 11.3 Å². The number of hydrogen-bond acceptors (Lipinski definition) is 6. The number of rotatable bonds is 5. The van der Waals surface area contributed by atoms with E-state index in [4.69, 9.17) is 0 Å². The molecule has 4 rings (SSSR count). The number of piperazine rings is 1. The molecule has 1 aromatic heterocycles. The number of nitrogens with zero attached hydrogens (tertiary/aromatic N) is 4. The number of anilines is 1. The Hall–Kier alpha value is -0.860. The van der Waals surface area contributed by atoms with Crippen molar-refractivity contribution in [2.45, 2.75) is 19.3 Å². The Labute approximate surface area is 185 Å². The fourth-order valence-corrected chi connectivity index (χ4v) is 4.28. The van der Waals surface area contributed by atoms with Crippen molar-refractivity contribution in [3.8, 4) is 0 Å². The maximum Gasteiger partial charge on any atom is 0.225 e. The molecular formula is C18H31Cl3N6O. The second-order valence-corrected chi connectivity index (χ2v) is 7.54. The van der Waals surface area contributed by atoms with E-state index in [1.54, 1.807) is 12.4 Å². The standard InChI is InChI=1S/C18H28N6O.3ClH/c25-16(15-14-18(15)2-6-19-7-3-18)20-8-9-23-10-12-24(13-11-23)17-21-4-1-5-22-17;;;/h1,4-5,15,19H,2-3,6-14H2,(H,20,25);3*1H. The first-order valence-electron chi connectivity index (χ1n) is 9.50. The molecule has 1 saturated carbocycles. The summed E-state index contributed by atoms with van der Waals surface area (Å²) >= 11 is 0. The number of nitrogens with one attached hydrogen (secondary N) is 2. The van der Waals surface area contributed by atoms with Crippen LogP contribution in [-0.2, 0) is 4.79 Å². The summed E-state index contributed by atoms with van der Waals surface area (Å²) in [6.45, 7) is 7.69. The van der Waals surface area contributed by atoms with E-state index < -0.39 is 0 Å². The van der Waals surface area contributed by atoms with Gasteiger partial charge in [-0.3, -0.25) is 9.69 Å². The highest BCUT2D eigenvalue weighted by Crippen LogP contribution is 2.58. The maximum atomic E-state index is 12.4. The van der Waals surface area contributed by atoms with Crippen molar-refractivity contribution in [1.29, 1.82) is 0 Å². The van der Waals surface area contributed by atoms with Gasteiger partial charge < -0.3 is 15.5 Å². The van der Waals surface area contributed by atoms with E-state index >= 15 is 0 Å². The van der Waals surface area contributed by atoms with Crippen LogP contribution < -0.4 is 15.5 Å². The van der Waals surface area contributed by atoms with Crippen molar-refractivity contribution in [3.63, 3.8) is 0 Å². The highest BCUT2D eigenvalue weighted by Gasteiger charge is 2.57. The fraction of sp³-hybridized carbons (Fsp3) is 0.722. The van der Waals surface area contributed by atoms with Gasteiger partial charge in [0.1, 0.15) is 0 Å². The number of carbonyl (C=O) groups is 1. The Morgan fingerprint density at radius 1 is 1.11 bits per heavy atom. The molecule has 2 N–H and O–H groups in total. The third kappa shape index (κ3) is 5.83. The second-order valence-electron chi connectivity index (χ2n) is 7.54. The van der Waals surface area contributed by atoms with Gasteiger partial charge in [0, 0.05) is 57.6 Å². The Balaban J connectivity index is 0.00000131. The molecular weight excluding hydrogens is 423 g/mol. The fourth-order valence-electron chi connectivity index (χ4n) is 4.28. The number of amides is 1. The zero-order valence-electron chi connectivity index (χ0n) is 16.0. The SMILES string of the molecule is Cl.Cl.Cl.O=C(NCCN1CCN(c2ncccn2)CC1)C1CC12CCNCC2. The molecule has 3 aliphatic rings. The molecule has 1 amide bonds. The van der Waals surface area contributed by atoms with Crippen molar-refractivity contribution in [3.05, 3.63) is 18.5 Å². The highest BCUT2D eigenvalue weighted by atomic mass is 35.5. The Bertz CT molecular complexity index is 594. The van der Waals surface area contributed by atoms with Crippen LogP contribution in [0.3, 0.4) is 0 Å². The normalized spacial score (nSPS) is 23.0. The van der Waals surface area contributed by atoms with Crippen molar-refractivity contribution in [2.75, 3.05) is 57.3 Å². The van der Waals surface area contributed by atoms with Gasteiger partial charge in [-0.1, -0.05) is 0 Å². The molecule has 10 heteroatoms. The van der Waals surface area contributed by atoms with Gasteiger partial charge in [0.25, 0.3) is 0 Å². The van der Waals surface area contributed by atoms with Crippen molar-refractivity contribution < 1.29 is 4.79 Å². The molecule has 2 saturated heterocycles. The van der Waals surface area contributed by atoms with Gasteiger partial charge in [0.15, 0.2) is 0 Å². The van der Waals surface area contributed by atoms with Crippen LogP contribution in [0.2, 0.25) is 0 Å². The minimum absolute atomic E-state index is 0. The minimum Gasteiger partial charge on any atom is -0.355 e. The van der Waals surface area contributed by atoms with Crippen molar-refractivity contribution >= 4 is 49.1 Å². The van der Waals surface area contributed by atoms with E-state index in [1.807, 2.05) is 6.07 Å². The number of carbonyl (C=O) groups excluding carboxylic acids is 1. The lowest BCUT2D eigenvalue weighted by Crippen LogP contribution is -2.49. The minimum atomic E-state index is 0. The molecule has 28 heavy (non-hydrogen) atoms. The third-order valence-corrected chi connectivity index (χ3v) is 6.04. The monoisotopic (exact) mass is 452 g/mol. The van der Waals surface area contributed by atoms with Crippen LogP contribution in [0.25, 0.3) is 0 Å². The molecule has 7 nitrogen and oxygen atoms in total. The van der Waals surface area contributed by atoms with Crippen LogP contribution in [0.15, 0.2) is 18.5 Å². The molecule has 1 spiro atoms. The zero-order chi connectivity index (χ0) is 17.1. The van der Waals surface area contributed by atoms with Crippen LogP contribution in [0.1, 0.15) is 19.3 Å². The number of piperidine rings is 1. The first kappa shape index (κ1) is 25.2. The highest BCUT2D eigenvalue weighted by molar-refractivity contribution is 5.86. The lowest BCUT2D eigenvalue weighted by atomic mass is 9.92.